The highest BCUT2D eigenvalue weighted by molar-refractivity contribution is 5.79. The number of hydrogen-bond acceptors (Lipinski definition) is 2. The molecule has 1 aromatic heterocycles. The van der Waals surface area contributed by atoms with Crippen LogP contribution in [0.15, 0.2) is 78.0 Å². The second-order valence-corrected chi connectivity index (χ2v) is 5.97. The van der Waals surface area contributed by atoms with Crippen LogP contribution < -0.4 is 10.6 Å². The van der Waals surface area contributed by atoms with Gasteiger partial charge in [0, 0.05) is 25.5 Å². The lowest BCUT2D eigenvalue weighted by Crippen LogP contribution is -2.38. The summed E-state index contributed by atoms with van der Waals surface area (Å²) in [5, 5.41) is 10.9. The minimum atomic E-state index is 0.675. The Kier molecular flexibility index (Phi) is 6.42. The third kappa shape index (κ3) is 5.21. The van der Waals surface area contributed by atoms with Crippen molar-refractivity contribution in [1.82, 2.24) is 20.4 Å². The SMILES string of the molecule is CCNC(=NCc1ccccc1)NCCc1ccc(-n2cccn2)cc1. The molecular formula is C21H25N5. The Bertz CT molecular complexity index is 792. The van der Waals surface area contributed by atoms with Crippen LogP contribution in [0.5, 0.6) is 0 Å². The summed E-state index contributed by atoms with van der Waals surface area (Å²) in [6.45, 7) is 4.43. The Hall–Kier alpha value is -3.08. The second kappa shape index (κ2) is 9.42. The van der Waals surface area contributed by atoms with Gasteiger partial charge in [-0.2, -0.15) is 5.10 Å². The fourth-order valence-electron chi connectivity index (χ4n) is 2.66. The van der Waals surface area contributed by atoms with E-state index in [2.05, 4.69) is 64.0 Å². The Morgan fingerprint density at radius 3 is 2.46 bits per heavy atom. The summed E-state index contributed by atoms with van der Waals surface area (Å²) in [6, 6.07) is 20.7. The maximum absolute atomic E-state index is 4.65. The van der Waals surface area contributed by atoms with Crippen molar-refractivity contribution in [1.29, 1.82) is 0 Å². The van der Waals surface area contributed by atoms with Crippen LogP contribution in [0.2, 0.25) is 0 Å². The second-order valence-electron chi connectivity index (χ2n) is 5.97. The summed E-state index contributed by atoms with van der Waals surface area (Å²) >= 11 is 0. The van der Waals surface area contributed by atoms with E-state index in [0.29, 0.717) is 6.54 Å². The van der Waals surface area contributed by atoms with E-state index in [-0.39, 0.29) is 0 Å². The number of nitrogens with zero attached hydrogens (tertiary/aromatic N) is 3. The molecule has 0 aliphatic rings. The minimum absolute atomic E-state index is 0.675. The standard InChI is InChI=1S/C21H25N5/c1-2-22-21(24-17-19-7-4-3-5-8-19)23-15-13-18-9-11-20(12-10-18)26-16-6-14-25-26/h3-12,14,16H,2,13,15,17H2,1H3,(H2,22,23,24). The molecule has 5 heteroatoms. The molecule has 0 unspecified atom stereocenters. The van der Waals surface area contributed by atoms with E-state index in [1.54, 1.807) is 6.20 Å². The van der Waals surface area contributed by atoms with Crippen LogP contribution in [-0.2, 0) is 13.0 Å². The lowest BCUT2D eigenvalue weighted by atomic mass is 10.1. The number of benzene rings is 2. The van der Waals surface area contributed by atoms with Gasteiger partial charge in [-0.05, 0) is 42.7 Å². The van der Waals surface area contributed by atoms with E-state index in [0.717, 1.165) is 31.2 Å². The fourth-order valence-corrected chi connectivity index (χ4v) is 2.66. The Morgan fingerprint density at radius 2 is 1.77 bits per heavy atom. The summed E-state index contributed by atoms with van der Waals surface area (Å²) in [7, 11) is 0. The van der Waals surface area contributed by atoms with E-state index >= 15 is 0 Å². The Balaban J connectivity index is 1.51. The highest BCUT2D eigenvalue weighted by atomic mass is 15.3. The normalized spacial score (nSPS) is 11.3. The quantitative estimate of drug-likeness (QED) is 0.510. The molecule has 0 aliphatic heterocycles. The third-order valence-electron chi connectivity index (χ3n) is 4.02. The molecule has 26 heavy (non-hydrogen) atoms. The Labute approximate surface area is 154 Å². The molecule has 1 heterocycles. The van der Waals surface area contributed by atoms with Crippen molar-refractivity contribution in [2.45, 2.75) is 19.9 Å². The molecule has 0 amide bonds. The topological polar surface area (TPSA) is 54.2 Å². The summed E-state index contributed by atoms with van der Waals surface area (Å²) < 4.78 is 1.86. The van der Waals surface area contributed by atoms with E-state index in [9.17, 15) is 0 Å². The van der Waals surface area contributed by atoms with Crippen molar-refractivity contribution in [3.8, 4) is 5.69 Å². The van der Waals surface area contributed by atoms with E-state index in [1.807, 2.05) is 35.1 Å². The molecule has 0 saturated carbocycles. The first-order valence-corrected chi connectivity index (χ1v) is 9.00. The van der Waals surface area contributed by atoms with Crippen LogP contribution >= 0.6 is 0 Å². The van der Waals surface area contributed by atoms with Gasteiger partial charge < -0.3 is 10.6 Å². The van der Waals surface area contributed by atoms with Gasteiger partial charge in [-0.3, -0.25) is 0 Å². The zero-order chi connectivity index (χ0) is 18.0. The minimum Gasteiger partial charge on any atom is -0.357 e. The van der Waals surface area contributed by atoms with Crippen molar-refractivity contribution in [3.05, 3.63) is 84.2 Å². The first-order valence-electron chi connectivity index (χ1n) is 9.00. The molecule has 5 nitrogen and oxygen atoms in total. The van der Waals surface area contributed by atoms with Crippen molar-refractivity contribution < 1.29 is 0 Å². The number of nitrogens with one attached hydrogen (secondary N) is 2. The van der Waals surface area contributed by atoms with Gasteiger partial charge in [0.25, 0.3) is 0 Å². The van der Waals surface area contributed by atoms with Gasteiger partial charge in [0.05, 0.1) is 12.2 Å². The first kappa shape index (κ1) is 17.7. The van der Waals surface area contributed by atoms with Gasteiger partial charge in [-0.25, -0.2) is 9.67 Å². The van der Waals surface area contributed by atoms with Gasteiger partial charge in [-0.1, -0.05) is 42.5 Å². The van der Waals surface area contributed by atoms with Gasteiger partial charge in [0.15, 0.2) is 5.96 Å². The van der Waals surface area contributed by atoms with Crippen LogP contribution in [0.1, 0.15) is 18.1 Å². The summed E-state index contributed by atoms with van der Waals surface area (Å²) in [5.41, 5.74) is 3.57. The van der Waals surface area contributed by atoms with Crippen molar-refractivity contribution >= 4 is 5.96 Å². The molecule has 0 atom stereocenters. The van der Waals surface area contributed by atoms with Crippen LogP contribution in [0, 0.1) is 0 Å². The van der Waals surface area contributed by atoms with Crippen LogP contribution in [0.25, 0.3) is 5.69 Å². The zero-order valence-corrected chi connectivity index (χ0v) is 15.1. The molecule has 2 N–H and O–H groups in total. The third-order valence-corrected chi connectivity index (χ3v) is 4.02. The molecule has 0 spiro atoms. The van der Waals surface area contributed by atoms with Gasteiger partial charge in [-0.15, -0.1) is 0 Å². The number of aromatic nitrogens is 2. The van der Waals surface area contributed by atoms with Crippen molar-refractivity contribution in [2.24, 2.45) is 4.99 Å². The smallest absolute Gasteiger partial charge is 0.191 e. The predicted molar refractivity (Wildman–Crippen MR) is 107 cm³/mol. The maximum Gasteiger partial charge on any atom is 0.191 e. The molecule has 3 aromatic rings. The molecule has 134 valence electrons. The van der Waals surface area contributed by atoms with Gasteiger partial charge in [0.2, 0.25) is 0 Å². The number of guanidine groups is 1. The lowest BCUT2D eigenvalue weighted by molar-refractivity contribution is 0.799. The van der Waals surface area contributed by atoms with Crippen LogP contribution in [0.3, 0.4) is 0 Å². The largest absolute Gasteiger partial charge is 0.357 e. The predicted octanol–water partition coefficient (Wildman–Crippen LogP) is 3.17. The maximum atomic E-state index is 4.65. The summed E-state index contributed by atoms with van der Waals surface area (Å²) in [4.78, 5) is 4.65. The molecule has 2 aromatic carbocycles. The zero-order valence-electron chi connectivity index (χ0n) is 15.1. The molecule has 0 saturated heterocycles. The monoisotopic (exact) mass is 347 g/mol. The van der Waals surface area contributed by atoms with Gasteiger partial charge in [0.1, 0.15) is 0 Å². The van der Waals surface area contributed by atoms with Crippen molar-refractivity contribution in [3.63, 3.8) is 0 Å². The average molecular weight is 347 g/mol. The summed E-state index contributed by atoms with van der Waals surface area (Å²) in [5.74, 6) is 0.851. The molecular weight excluding hydrogens is 322 g/mol. The molecule has 3 rings (SSSR count). The van der Waals surface area contributed by atoms with E-state index < -0.39 is 0 Å². The van der Waals surface area contributed by atoms with Crippen molar-refractivity contribution in [2.75, 3.05) is 13.1 Å². The van der Waals surface area contributed by atoms with Gasteiger partial charge >= 0.3 is 0 Å². The average Bonchev–Trinajstić information content (AvgIpc) is 3.22. The van der Waals surface area contributed by atoms with E-state index in [4.69, 9.17) is 0 Å². The van der Waals surface area contributed by atoms with Crippen LogP contribution in [0.4, 0.5) is 0 Å². The highest BCUT2D eigenvalue weighted by Crippen LogP contribution is 2.08. The molecule has 0 aliphatic carbocycles. The van der Waals surface area contributed by atoms with E-state index in [1.165, 1.54) is 11.1 Å². The lowest BCUT2D eigenvalue weighted by Gasteiger charge is -2.11. The number of rotatable bonds is 7. The molecule has 0 bridgehead atoms. The number of hydrogen-bond donors (Lipinski definition) is 2. The number of aliphatic imine (C=N–C) groups is 1. The molecule has 0 fully saturated rings. The fraction of sp³-hybridized carbons (Fsp3) is 0.238. The Morgan fingerprint density at radius 1 is 0.962 bits per heavy atom. The summed E-state index contributed by atoms with van der Waals surface area (Å²) in [6.07, 6.45) is 4.67. The molecule has 0 radical (unpaired) electrons. The van der Waals surface area contributed by atoms with Crippen LogP contribution in [-0.4, -0.2) is 28.8 Å². The first-order chi connectivity index (χ1) is 12.8. The highest BCUT2D eigenvalue weighted by Gasteiger charge is 2.00.